The molecule has 0 bridgehead atoms. The minimum atomic E-state index is -0.200. The monoisotopic (exact) mass is 399 g/mol. The Labute approximate surface area is 169 Å². The van der Waals surface area contributed by atoms with E-state index in [4.69, 9.17) is 4.74 Å². The lowest BCUT2D eigenvalue weighted by Gasteiger charge is -2.31. The summed E-state index contributed by atoms with van der Waals surface area (Å²) in [6.07, 6.45) is 0.551. The quantitative estimate of drug-likeness (QED) is 0.635. The van der Waals surface area contributed by atoms with Crippen LogP contribution >= 0.6 is 11.8 Å². The van der Waals surface area contributed by atoms with E-state index in [0.717, 1.165) is 17.1 Å². The van der Waals surface area contributed by atoms with Crippen LogP contribution in [0.2, 0.25) is 0 Å². The highest BCUT2D eigenvalue weighted by Crippen LogP contribution is 2.19. The van der Waals surface area contributed by atoms with Gasteiger partial charge in [0.15, 0.2) is 0 Å². The third-order valence-electron chi connectivity index (χ3n) is 4.47. The van der Waals surface area contributed by atoms with E-state index in [1.165, 1.54) is 5.56 Å². The van der Waals surface area contributed by atoms with E-state index in [9.17, 15) is 9.59 Å². The molecule has 7 heteroatoms. The molecule has 0 spiro atoms. The summed E-state index contributed by atoms with van der Waals surface area (Å²) >= 11 is 1.61. The van der Waals surface area contributed by atoms with Gasteiger partial charge in [0.05, 0.1) is 7.11 Å². The highest BCUT2D eigenvalue weighted by molar-refractivity contribution is 7.99. The van der Waals surface area contributed by atoms with Gasteiger partial charge in [-0.25, -0.2) is 0 Å². The van der Waals surface area contributed by atoms with E-state index in [0.29, 0.717) is 13.0 Å². The molecule has 2 aromatic carbocycles. The Bertz CT molecular complexity index is 800. The van der Waals surface area contributed by atoms with Crippen LogP contribution in [0.4, 0.5) is 0 Å². The third kappa shape index (κ3) is 6.00. The standard InChI is InChI=1S/C21H25N3O3S/c1-27-18-10-6-5-9-16(18)13-22-19(25)11-17-12-20(26)24-21(23-17)28-14-15-7-3-2-4-8-15/h2-10,17,21,23H,11-14H2,1H3,(H,22,25)(H,24,26). The molecule has 1 fully saturated rings. The number of carbonyl (C=O) groups excluding carboxylic acids is 2. The van der Waals surface area contributed by atoms with Crippen molar-refractivity contribution in [3.8, 4) is 5.75 Å². The molecule has 2 amide bonds. The zero-order valence-corrected chi connectivity index (χ0v) is 16.6. The van der Waals surface area contributed by atoms with Crippen molar-refractivity contribution >= 4 is 23.6 Å². The highest BCUT2D eigenvalue weighted by Gasteiger charge is 2.27. The second-order valence-electron chi connectivity index (χ2n) is 6.60. The predicted octanol–water partition coefficient (Wildman–Crippen LogP) is 2.40. The molecule has 0 aromatic heterocycles. The van der Waals surface area contributed by atoms with Gasteiger partial charge in [-0.3, -0.25) is 14.9 Å². The van der Waals surface area contributed by atoms with Crippen LogP contribution in [0.1, 0.15) is 24.0 Å². The Morgan fingerprint density at radius 3 is 2.71 bits per heavy atom. The van der Waals surface area contributed by atoms with E-state index in [1.807, 2.05) is 42.5 Å². The fraction of sp³-hybridized carbons (Fsp3) is 0.333. The molecule has 148 valence electrons. The van der Waals surface area contributed by atoms with Gasteiger partial charge in [-0.15, -0.1) is 11.8 Å². The summed E-state index contributed by atoms with van der Waals surface area (Å²) in [6, 6.07) is 17.5. The molecular formula is C21H25N3O3S. The minimum absolute atomic E-state index is 0.0353. The van der Waals surface area contributed by atoms with Crippen molar-refractivity contribution < 1.29 is 14.3 Å². The molecule has 0 aliphatic carbocycles. The number of methoxy groups -OCH3 is 1. The van der Waals surface area contributed by atoms with Gasteiger partial charge >= 0.3 is 0 Å². The molecule has 2 unspecified atom stereocenters. The molecule has 2 aromatic rings. The maximum absolute atomic E-state index is 12.3. The van der Waals surface area contributed by atoms with Crippen LogP contribution < -0.4 is 20.7 Å². The topological polar surface area (TPSA) is 79.5 Å². The lowest BCUT2D eigenvalue weighted by Crippen LogP contribution is -2.55. The molecule has 1 heterocycles. The highest BCUT2D eigenvalue weighted by atomic mass is 32.2. The molecule has 0 radical (unpaired) electrons. The maximum Gasteiger partial charge on any atom is 0.223 e. The van der Waals surface area contributed by atoms with Gasteiger partial charge in [0.1, 0.15) is 11.2 Å². The van der Waals surface area contributed by atoms with Gasteiger partial charge in [0.25, 0.3) is 0 Å². The summed E-state index contributed by atoms with van der Waals surface area (Å²) in [6.45, 7) is 0.397. The van der Waals surface area contributed by atoms with Crippen LogP contribution in [0.15, 0.2) is 54.6 Å². The van der Waals surface area contributed by atoms with Crippen molar-refractivity contribution in [2.45, 2.75) is 36.7 Å². The first-order chi connectivity index (χ1) is 13.6. The average molecular weight is 400 g/mol. The zero-order chi connectivity index (χ0) is 19.8. The van der Waals surface area contributed by atoms with E-state index in [-0.39, 0.29) is 29.8 Å². The molecule has 28 heavy (non-hydrogen) atoms. The van der Waals surface area contributed by atoms with Crippen molar-refractivity contribution in [2.75, 3.05) is 7.11 Å². The number of hydrogen-bond acceptors (Lipinski definition) is 5. The van der Waals surface area contributed by atoms with Gasteiger partial charge < -0.3 is 15.4 Å². The first kappa shape index (κ1) is 20.2. The number of benzene rings is 2. The second-order valence-corrected chi connectivity index (χ2v) is 7.70. The van der Waals surface area contributed by atoms with Gasteiger partial charge in [0.2, 0.25) is 11.8 Å². The van der Waals surface area contributed by atoms with E-state index in [2.05, 4.69) is 28.1 Å². The lowest BCUT2D eigenvalue weighted by molar-refractivity contribution is -0.125. The Balaban J connectivity index is 1.47. The lowest BCUT2D eigenvalue weighted by atomic mass is 10.1. The zero-order valence-electron chi connectivity index (χ0n) is 15.8. The molecule has 3 rings (SSSR count). The summed E-state index contributed by atoms with van der Waals surface area (Å²) in [7, 11) is 1.61. The first-order valence-electron chi connectivity index (χ1n) is 9.23. The summed E-state index contributed by atoms with van der Waals surface area (Å²) in [5.41, 5.74) is 1.91. The predicted molar refractivity (Wildman–Crippen MR) is 111 cm³/mol. The van der Waals surface area contributed by atoms with Crippen LogP contribution in [0.5, 0.6) is 5.75 Å². The smallest absolute Gasteiger partial charge is 0.223 e. The first-order valence-corrected chi connectivity index (χ1v) is 10.3. The van der Waals surface area contributed by atoms with Crippen molar-refractivity contribution in [3.63, 3.8) is 0 Å². The van der Waals surface area contributed by atoms with Gasteiger partial charge in [-0.1, -0.05) is 48.5 Å². The number of para-hydroxylation sites is 1. The number of ether oxygens (including phenoxy) is 1. The molecule has 1 aliphatic rings. The van der Waals surface area contributed by atoms with Crippen LogP contribution in [-0.4, -0.2) is 30.5 Å². The number of amides is 2. The largest absolute Gasteiger partial charge is 0.496 e. The second kappa shape index (κ2) is 10.1. The normalized spacial score (nSPS) is 19.0. The molecule has 1 saturated heterocycles. The van der Waals surface area contributed by atoms with E-state index in [1.54, 1.807) is 18.9 Å². The SMILES string of the molecule is COc1ccccc1CNC(=O)CC1CC(=O)NC(SCc2ccccc2)N1. The van der Waals surface area contributed by atoms with Gasteiger partial charge in [0, 0.05) is 36.7 Å². The minimum Gasteiger partial charge on any atom is -0.496 e. The Morgan fingerprint density at radius 1 is 1.18 bits per heavy atom. The van der Waals surface area contributed by atoms with Crippen LogP contribution in [0.25, 0.3) is 0 Å². The van der Waals surface area contributed by atoms with Crippen molar-refractivity contribution in [1.82, 2.24) is 16.0 Å². The molecule has 0 saturated carbocycles. The molecular weight excluding hydrogens is 374 g/mol. The van der Waals surface area contributed by atoms with E-state index < -0.39 is 0 Å². The fourth-order valence-electron chi connectivity index (χ4n) is 3.06. The fourth-order valence-corrected chi connectivity index (χ4v) is 4.11. The summed E-state index contributed by atoms with van der Waals surface area (Å²) in [5.74, 6) is 1.40. The number of hydrogen-bond donors (Lipinski definition) is 3. The van der Waals surface area contributed by atoms with Crippen LogP contribution in [0, 0.1) is 0 Å². The van der Waals surface area contributed by atoms with Crippen molar-refractivity contribution in [2.24, 2.45) is 0 Å². The number of carbonyl (C=O) groups is 2. The van der Waals surface area contributed by atoms with Gasteiger partial charge in [-0.05, 0) is 11.6 Å². The van der Waals surface area contributed by atoms with Crippen molar-refractivity contribution in [1.29, 1.82) is 0 Å². The Hall–Kier alpha value is -2.51. The average Bonchev–Trinajstić information content (AvgIpc) is 2.71. The molecule has 1 aliphatic heterocycles. The Kier molecular flexibility index (Phi) is 7.33. The van der Waals surface area contributed by atoms with Gasteiger partial charge in [-0.2, -0.15) is 0 Å². The Morgan fingerprint density at radius 2 is 1.93 bits per heavy atom. The third-order valence-corrected chi connectivity index (χ3v) is 5.56. The molecule has 2 atom stereocenters. The number of nitrogens with one attached hydrogen (secondary N) is 3. The molecule has 6 nitrogen and oxygen atoms in total. The van der Waals surface area contributed by atoms with Crippen LogP contribution in [-0.2, 0) is 21.9 Å². The van der Waals surface area contributed by atoms with E-state index >= 15 is 0 Å². The number of thioether (sulfide) groups is 1. The van der Waals surface area contributed by atoms with Crippen molar-refractivity contribution in [3.05, 3.63) is 65.7 Å². The number of rotatable bonds is 8. The molecule has 3 N–H and O–H groups in total. The van der Waals surface area contributed by atoms with Crippen LogP contribution in [0.3, 0.4) is 0 Å². The summed E-state index contributed by atoms with van der Waals surface area (Å²) in [4.78, 5) is 24.4. The maximum atomic E-state index is 12.3. The summed E-state index contributed by atoms with van der Waals surface area (Å²) < 4.78 is 5.30. The summed E-state index contributed by atoms with van der Waals surface area (Å²) in [5, 5.41) is 9.19.